The fourth-order valence-electron chi connectivity index (χ4n) is 4.46. The van der Waals surface area contributed by atoms with Gasteiger partial charge in [-0.15, -0.1) is 3.89 Å². The van der Waals surface area contributed by atoms with Crippen LogP contribution in [0.15, 0.2) is 53.4 Å². The molecule has 218 valence electrons. The number of hydrogen-bond acceptors (Lipinski definition) is 9. The van der Waals surface area contributed by atoms with Crippen molar-refractivity contribution in [1.82, 2.24) is 0 Å². The molecule has 1 amide bonds. The van der Waals surface area contributed by atoms with E-state index in [2.05, 4.69) is 0 Å². The number of nitro benzene ring substituents is 1. The molecule has 1 unspecified atom stereocenters. The van der Waals surface area contributed by atoms with Crippen molar-refractivity contribution in [3.05, 3.63) is 64.2 Å². The summed E-state index contributed by atoms with van der Waals surface area (Å²) in [6.07, 6.45) is 2.95. The minimum atomic E-state index is -4.76. The Morgan fingerprint density at radius 2 is 1.75 bits per heavy atom. The molecule has 0 radical (unpaired) electrons. The van der Waals surface area contributed by atoms with Gasteiger partial charge in [-0.25, -0.2) is 9.59 Å². The molecule has 2 rings (SSSR count). The van der Waals surface area contributed by atoms with Gasteiger partial charge in [0.25, 0.3) is 5.69 Å². The van der Waals surface area contributed by atoms with Crippen LogP contribution in [-0.4, -0.2) is 67.6 Å². The van der Waals surface area contributed by atoms with Gasteiger partial charge in [0.2, 0.25) is 6.04 Å². The second kappa shape index (κ2) is 14.0. The molecule has 0 bridgehead atoms. The molecule has 0 aliphatic carbocycles. The molecule has 0 saturated carbocycles. The molecule has 2 aromatic carbocycles. The summed E-state index contributed by atoms with van der Waals surface area (Å²) in [7, 11) is -1.86. The first-order chi connectivity index (χ1) is 18.8. The Hall–Kier alpha value is -3.81. The van der Waals surface area contributed by atoms with Crippen LogP contribution in [0.3, 0.4) is 0 Å². The van der Waals surface area contributed by atoms with Gasteiger partial charge in [0.1, 0.15) is 22.9 Å². The molecule has 2 atom stereocenters. The monoisotopic (exact) mass is 578 g/mol. The number of aliphatic carboxylic acids is 1. The van der Waals surface area contributed by atoms with Crippen molar-refractivity contribution in [3.63, 3.8) is 0 Å². The summed E-state index contributed by atoms with van der Waals surface area (Å²) >= 11 is 0. The van der Waals surface area contributed by atoms with Gasteiger partial charge in [0.05, 0.1) is 19.1 Å². The summed E-state index contributed by atoms with van der Waals surface area (Å²) < 4.78 is 37.8. The highest BCUT2D eigenvalue weighted by atomic mass is 32.2. The topological polar surface area (TPSA) is 176 Å². The summed E-state index contributed by atoms with van der Waals surface area (Å²) in [5, 5.41) is 21.5. The number of sulfonamides is 1. The van der Waals surface area contributed by atoms with Crippen molar-refractivity contribution < 1.29 is 41.4 Å². The zero-order chi connectivity index (χ0) is 30.1. The maximum atomic E-state index is 14.3. The zero-order valence-corrected chi connectivity index (χ0v) is 23.8. The normalized spacial score (nSPS) is 14.1. The predicted octanol–water partition coefficient (Wildman–Crippen LogP) is 3.60. The Labute approximate surface area is 233 Å². The number of carbonyl (C=O) groups is 2. The van der Waals surface area contributed by atoms with Gasteiger partial charge in [-0.1, -0.05) is 13.8 Å². The number of carbonyl (C=O) groups excluding carboxylic acids is 1. The minimum absolute atomic E-state index is 0.142. The van der Waals surface area contributed by atoms with Crippen molar-refractivity contribution in [3.8, 4) is 11.5 Å². The number of nitrogens with two attached hydrogens (primary N) is 1. The van der Waals surface area contributed by atoms with Crippen LogP contribution in [0.25, 0.3) is 6.08 Å². The van der Waals surface area contributed by atoms with E-state index in [0.29, 0.717) is 23.5 Å². The second-order valence-corrected chi connectivity index (χ2v) is 11.6. The van der Waals surface area contributed by atoms with Crippen molar-refractivity contribution >= 4 is 33.7 Å². The number of nitro groups is 1. The average molecular weight is 579 g/mol. The predicted molar refractivity (Wildman–Crippen MR) is 148 cm³/mol. The van der Waals surface area contributed by atoms with Gasteiger partial charge >= 0.3 is 21.9 Å². The van der Waals surface area contributed by atoms with E-state index in [1.54, 1.807) is 32.0 Å². The molecule has 0 saturated heterocycles. The highest BCUT2D eigenvalue weighted by molar-refractivity contribution is 7.86. The van der Waals surface area contributed by atoms with Gasteiger partial charge in [-0.2, -0.15) is 8.42 Å². The summed E-state index contributed by atoms with van der Waals surface area (Å²) in [5.74, 6) is -2.03. The van der Waals surface area contributed by atoms with Crippen LogP contribution < -0.4 is 15.2 Å². The van der Waals surface area contributed by atoms with E-state index in [9.17, 15) is 33.2 Å². The molecule has 12 nitrogen and oxygen atoms in total. The molecule has 0 aliphatic rings. The Kier molecular flexibility index (Phi) is 11.3. The number of unbranched alkanes of at least 4 members (excludes halogenated alkanes) is 1. The molecule has 2 aromatic rings. The third kappa shape index (κ3) is 7.03. The first-order valence-corrected chi connectivity index (χ1v) is 14.0. The van der Waals surface area contributed by atoms with Gasteiger partial charge in [-0.3, -0.25) is 10.1 Å². The lowest BCUT2D eigenvalue weighted by Gasteiger charge is -2.39. The summed E-state index contributed by atoms with van der Waals surface area (Å²) in [5.41, 5.74) is 5.67. The van der Waals surface area contributed by atoms with Crippen LogP contribution in [0.1, 0.15) is 38.7 Å². The maximum absolute atomic E-state index is 14.3. The van der Waals surface area contributed by atoms with Crippen molar-refractivity contribution in [2.24, 2.45) is 11.7 Å². The van der Waals surface area contributed by atoms with E-state index in [4.69, 9.17) is 15.2 Å². The fraction of sp³-hybridized carbons (Fsp3) is 0.407. The number of ether oxygens (including phenoxy) is 2. The van der Waals surface area contributed by atoms with Crippen LogP contribution in [0.5, 0.6) is 11.5 Å². The number of carboxylic acids is 1. The molecule has 0 spiro atoms. The number of hydrogen-bond donors (Lipinski definition) is 2. The third-order valence-corrected chi connectivity index (χ3v) is 8.66. The van der Waals surface area contributed by atoms with E-state index in [-0.39, 0.29) is 31.6 Å². The van der Waals surface area contributed by atoms with Gasteiger partial charge in [-0.05, 0) is 49.7 Å². The number of rotatable bonds is 15. The molecule has 0 aliphatic heterocycles. The molecule has 0 heterocycles. The van der Waals surface area contributed by atoms with Crippen LogP contribution in [-0.2, 0) is 19.6 Å². The molecule has 0 aromatic heterocycles. The molecule has 0 fully saturated rings. The fourth-order valence-corrected chi connectivity index (χ4v) is 6.64. The number of amides is 1. The number of carboxylic acid groups (broad SMARTS) is 1. The van der Waals surface area contributed by atoms with Crippen LogP contribution >= 0.6 is 0 Å². The summed E-state index contributed by atoms with van der Waals surface area (Å²) in [6.45, 7) is 3.26. The number of quaternary nitrogens is 1. The molecule has 3 N–H and O–H groups in total. The van der Waals surface area contributed by atoms with Gasteiger partial charge in [0, 0.05) is 42.2 Å². The zero-order valence-electron chi connectivity index (χ0n) is 23.0. The lowest BCUT2D eigenvalue weighted by molar-refractivity contribution is -0.749. The summed E-state index contributed by atoms with van der Waals surface area (Å²) in [6, 6.07) is 7.19. The first kappa shape index (κ1) is 32.4. The second-order valence-electron chi connectivity index (χ2n) is 9.52. The van der Waals surface area contributed by atoms with E-state index in [0.717, 1.165) is 30.3 Å². The lowest BCUT2D eigenvalue weighted by Crippen LogP contribution is -2.65. The summed E-state index contributed by atoms with van der Waals surface area (Å²) in [4.78, 5) is 36.9. The number of non-ortho nitro benzene ring substituents is 1. The largest absolute Gasteiger partial charge is 0.497 e. The third-order valence-electron chi connectivity index (χ3n) is 6.35. The highest BCUT2D eigenvalue weighted by Gasteiger charge is 2.57. The van der Waals surface area contributed by atoms with Crippen LogP contribution in [0, 0.1) is 16.0 Å². The molecule has 40 heavy (non-hydrogen) atoms. The number of methoxy groups -OCH3 is 2. The molecular formula is C27H36N3O9S+. The Balaban J connectivity index is 2.82. The average Bonchev–Trinajstić information content (AvgIpc) is 2.92. The SMILES string of the molecule is COc1ccc(C=CC(=O)[N+](CC(C)C)([C@@H](CCCCN)C(=O)O)S(=O)(=O)c2ccc([N+](=O)[O-])cc2)c(OC)c1. The number of nitrogens with zero attached hydrogens (tertiary/aromatic N) is 2. The molecule has 13 heteroatoms. The van der Waals surface area contributed by atoms with E-state index >= 15 is 0 Å². The number of benzene rings is 2. The van der Waals surface area contributed by atoms with E-state index in [1.807, 2.05) is 0 Å². The lowest BCUT2D eigenvalue weighted by atomic mass is 10.0. The Morgan fingerprint density at radius 1 is 1.10 bits per heavy atom. The van der Waals surface area contributed by atoms with Crippen LogP contribution in [0.4, 0.5) is 5.69 Å². The van der Waals surface area contributed by atoms with E-state index < -0.39 is 47.6 Å². The standard InChI is InChI=1S/C27H35N3O9S/c1-19(2)18-30(24(27(32)33)7-5-6-16-28,40(36,37)23-13-10-21(11-14-23)29(34)35)26(31)15-9-20-8-12-22(38-3)17-25(20)39-4/h8-15,17,19,24H,5-7,16,18,28H2,1-4H3/p+1/t24-,30?/m0/s1. The highest BCUT2D eigenvalue weighted by Crippen LogP contribution is 2.35. The maximum Gasteiger partial charge on any atom is 0.364 e. The minimum Gasteiger partial charge on any atom is -0.497 e. The smallest absolute Gasteiger partial charge is 0.364 e. The van der Waals surface area contributed by atoms with Crippen LogP contribution in [0.2, 0.25) is 0 Å². The van der Waals surface area contributed by atoms with Gasteiger partial charge in [0.15, 0.2) is 0 Å². The Morgan fingerprint density at radius 3 is 2.25 bits per heavy atom. The Bertz CT molecular complexity index is 1340. The first-order valence-electron chi connectivity index (χ1n) is 12.6. The van der Waals surface area contributed by atoms with Crippen molar-refractivity contribution in [2.45, 2.75) is 44.0 Å². The van der Waals surface area contributed by atoms with Crippen molar-refractivity contribution in [2.75, 3.05) is 27.3 Å². The quantitative estimate of drug-likeness (QED) is 0.104. The molecular weight excluding hydrogens is 542 g/mol. The van der Waals surface area contributed by atoms with Crippen molar-refractivity contribution in [1.29, 1.82) is 0 Å². The van der Waals surface area contributed by atoms with Gasteiger partial charge < -0.3 is 20.3 Å². The van der Waals surface area contributed by atoms with E-state index in [1.165, 1.54) is 20.3 Å².